The Bertz CT molecular complexity index is 619. The third-order valence-corrected chi connectivity index (χ3v) is 4.10. The van der Waals surface area contributed by atoms with Gasteiger partial charge in [-0.25, -0.2) is 0 Å². The number of halogens is 1. The number of pyridine rings is 1. The number of hydrogen-bond acceptors (Lipinski definition) is 4. The van der Waals surface area contributed by atoms with Gasteiger partial charge in [0.1, 0.15) is 5.69 Å². The van der Waals surface area contributed by atoms with Crippen molar-refractivity contribution in [1.82, 2.24) is 4.98 Å². The predicted molar refractivity (Wildman–Crippen MR) is 83.2 cm³/mol. The SMILES string of the molecule is N/C(=N/O)c1cc(CSCc2ccccc2Cl)ccn1. The van der Waals surface area contributed by atoms with Gasteiger partial charge >= 0.3 is 0 Å². The quantitative estimate of drug-likeness (QED) is 0.385. The molecule has 4 nitrogen and oxygen atoms in total. The van der Waals surface area contributed by atoms with Gasteiger partial charge in [-0.15, -0.1) is 0 Å². The number of amidine groups is 1. The van der Waals surface area contributed by atoms with E-state index < -0.39 is 0 Å². The Morgan fingerprint density at radius 1 is 1.30 bits per heavy atom. The van der Waals surface area contributed by atoms with E-state index in [4.69, 9.17) is 22.5 Å². The standard InChI is InChI=1S/C14H14ClN3OS/c15-12-4-2-1-3-11(12)9-20-8-10-5-6-17-13(7-10)14(16)18-19/h1-7,19H,8-9H2,(H2,16,18). The summed E-state index contributed by atoms with van der Waals surface area (Å²) in [5, 5.41) is 12.4. The first-order chi connectivity index (χ1) is 9.70. The fraction of sp³-hybridized carbons (Fsp3) is 0.143. The Morgan fingerprint density at radius 2 is 2.10 bits per heavy atom. The largest absolute Gasteiger partial charge is 0.409 e. The molecule has 1 aromatic carbocycles. The van der Waals surface area contributed by atoms with E-state index in [0.717, 1.165) is 27.7 Å². The smallest absolute Gasteiger partial charge is 0.188 e. The summed E-state index contributed by atoms with van der Waals surface area (Å²) in [5.41, 5.74) is 8.18. The summed E-state index contributed by atoms with van der Waals surface area (Å²) >= 11 is 7.85. The van der Waals surface area contributed by atoms with Gasteiger partial charge in [-0.05, 0) is 29.3 Å². The number of oxime groups is 1. The molecule has 2 rings (SSSR count). The second-order valence-electron chi connectivity index (χ2n) is 4.12. The summed E-state index contributed by atoms with van der Waals surface area (Å²) in [7, 11) is 0. The summed E-state index contributed by atoms with van der Waals surface area (Å²) in [6.45, 7) is 0. The summed E-state index contributed by atoms with van der Waals surface area (Å²) in [6, 6.07) is 11.5. The topological polar surface area (TPSA) is 71.5 Å². The molecule has 0 aliphatic heterocycles. The highest BCUT2D eigenvalue weighted by atomic mass is 35.5. The lowest BCUT2D eigenvalue weighted by atomic mass is 10.2. The number of benzene rings is 1. The molecular weight excluding hydrogens is 294 g/mol. The highest BCUT2D eigenvalue weighted by Crippen LogP contribution is 2.23. The number of rotatable bonds is 5. The minimum Gasteiger partial charge on any atom is -0.409 e. The number of nitrogens with two attached hydrogens (primary N) is 1. The van der Waals surface area contributed by atoms with Gasteiger partial charge in [-0.1, -0.05) is 35.0 Å². The third kappa shape index (κ3) is 3.88. The monoisotopic (exact) mass is 307 g/mol. The maximum atomic E-state index is 8.64. The summed E-state index contributed by atoms with van der Waals surface area (Å²) < 4.78 is 0. The van der Waals surface area contributed by atoms with Crippen LogP contribution in [0.1, 0.15) is 16.8 Å². The van der Waals surface area contributed by atoms with Crippen LogP contribution in [0.4, 0.5) is 0 Å². The first kappa shape index (κ1) is 14.7. The van der Waals surface area contributed by atoms with Crippen molar-refractivity contribution in [2.45, 2.75) is 11.5 Å². The molecule has 1 aromatic heterocycles. The van der Waals surface area contributed by atoms with Gasteiger partial charge in [0.25, 0.3) is 0 Å². The Morgan fingerprint density at radius 3 is 2.85 bits per heavy atom. The van der Waals surface area contributed by atoms with Crippen LogP contribution in [-0.2, 0) is 11.5 Å². The molecule has 2 aromatic rings. The average Bonchev–Trinajstić information content (AvgIpc) is 2.49. The van der Waals surface area contributed by atoms with Gasteiger partial charge < -0.3 is 10.9 Å². The van der Waals surface area contributed by atoms with Gasteiger partial charge in [0, 0.05) is 22.7 Å². The highest BCUT2D eigenvalue weighted by Gasteiger charge is 2.03. The maximum Gasteiger partial charge on any atom is 0.188 e. The molecule has 0 unspecified atom stereocenters. The van der Waals surface area contributed by atoms with E-state index in [1.54, 1.807) is 18.0 Å². The zero-order chi connectivity index (χ0) is 14.4. The van der Waals surface area contributed by atoms with E-state index >= 15 is 0 Å². The summed E-state index contributed by atoms with van der Waals surface area (Å²) in [4.78, 5) is 4.04. The van der Waals surface area contributed by atoms with Crippen LogP contribution >= 0.6 is 23.4 Å². The van der Waals surface area contributed by atoms with Crippen molar-refractivity contribution in [3.8, 4) is 0 Å². The fourth-order valence-corrected chi connectivity index (χ4v) is 2.92. The molecule has 6 heteroatoms. The van der Waals surface area contributed by atoms with Crippen LogP contribution in [0.2, 0.25) is 5.02 Å². The molecule has 0 saturated heterocycles. The Labute approximate surface area is 126 Å². The second kappa shape index (κ2) is 7.17. The van der Waals surface area contributed by atoms with E-state index in [9.17, 15) is 0 Å². The van der Waals surface area contributed by atoms with Crippen LogP contribution in [0.5, 0.6) is 0 Å². The molecule has 0 aliphatic carbocycles. The minimum atomic E-state index is 0.0166. The number of nitrogens with zero attached hydrogens (tertiary/aromatic N) is 2. The Kier molecular flexibility index (Phi) is 5.26. The number of thioether (sulfide) groups is 1. The average molecular weight is 308 g/mol. The van der Waals surface area contributed by atoms with E-state index in [-0.39, 0.29) is 5.84 Å². The molecule has 1 heterocycles. The van der Waals surface area contributed by atoms with Crippen LogP contribution in [0.3, 0.4) is 0 Å². The van der Waals surface area contributed by atoms with Crippen molar-refractivity contribution in [2.75, 3.05) is 0 Å². The molecule has 20 heavy (non-hydrogen) atoms. The van der Waals surface area contributed by atoms with Crippen LogP contribution in [0, 0.1) is 0 Å². The normalized spacial score (nSPS) is 11.6. The molecule has 0 saturated carbocycles. The summed E-state index contributed by atoms with van der Waals surface area (Å²) in [5.74, 6) is 1.66. The van der Waals surface area contributed by atoms with Gasteiger partial charge in [-0.3, -0.25) is 4.98 Å². The molecular formula is C14H14ClN3OS. The van der Waals surface area contributed by atoms with Crippen molar-refractivity contribution in [2.24, 2.45) is 10.9 Å². The molecule has 0 spiro atoms. The first-order valence-corrected chi connectivity index (χ1v) is 7.48. The highest BCUT2D eigenvalue weighted by molar-refractivity contribution is 7.97. The van der Waals surface area contributed by atoms with Gasteiger partial charge in [0.15, 0.2) is 5.84 Å². The molecule has 104 valence electrons. The molecule has 0 fully saturated rings. The van der Waals surface area contributed by atoms with E-state index in [0.29, 0.717) is 5.69 Å². The summed E-state index contributed by atoms with van der Waals surface area (Å²) in [6.07, 6.45) is 1.65. The lowest BCUT2D eigenvalue weighted by molar-refractivity contribution is 0.318. The second-order valence-corrected chi connectivity index (χ2v) is 5.51. The van der Waals surface area contributed by atoms with Crippen molar-refractivity contribution in [3.63, 3.8) is 0 Å². The minimum absolute atomic E-state index is 0.0166. The van der Waals surface area contributed by atoms with E-state index in [1.165, 1.54) is 0 Å². The number of hydrogen-bond donors (Lipinski definition) is 2. The lowest BCUT2D eigenvalue weighted by Crippen LogP contribution is -2.15. The van der Waals surface area contributed by atoms with E-state index in [1.807, 2.05) is 36.4 Å². The molecule has 0 radical (unpaired) electrons. The Hall–Kier alpha value is -1.72. The van der Waals surface area contributed by atoms with Crippen molar-refractivity contribution < 1.29 is 5.21 Å². The van der Waals surface area contributed by atoms with E-state index in [2.05, 4.69) is 10.1 Å². The van der Waals surface area contributed by atoms with Crippen LogP contribution < -0.4 is 5.73 Å². The van der Waals surface area contributed by atoms with Crippen molar-refractivity contribution >= 4 is 29.2 Å². The Balaban J connectivity index is 1.96. The lowest BCUT2D eigenvalue weighted by Gasteiger charge is -2.05. The third-order valence-electron chi connectivity index (χ3n) is 2.68. The predicted octanol–water partition coefficient (Wildman–Crippen LogP) is 3.26. The zero-order valence-corrected chi connectivity index (χ0v) is 12.2. The van der Waals surface area contributed by atoms with Crippen LogP contribution in [0.15, 0.2) is 47.8 Å². The molecule has 0 amide bonds. The van der Waals surface area contributed by atoms with Crippen LogP contribution in [-0.4, -0.2) is 16.0 Å². The number of aromatic nitrogens is 1. The fourth-order valence-electron chi connectivity index (χ4n) is 1.65. The molecule has 0 atom stereocenters. The van der Waals surface area contributed by atoms with Crippen molar-refractivity contribution in [3.05, 3.63) is 64.4 Å². The zero-order valence-electron chi connectivity index (χ0n) is 10.7. The van der Waals surface area contributed by atoms with Crippen molar-refractivity contribution in [1.29, 1.82) is 0 Å². The van der Waals surface area contributed by atoms with Gasteiger partial charge in [0.05, 0.1) is 0 Å². The first-order valence-electron chi connectivity index (χ1n) is 5.94. The molecule has 3 N–H and O–H groups in total. The van der Waals surface area contributed by atoms with Crippen LogP contribution in [0.25, 0.3) is 0 Å². The van der Waals surface area contributed by atoms with Gasteiger partial charge in [0.2, 0.25) is 0 Å². The molecule has 0 bridgehead atoms. The maximum absolute atomic E-state index is 8.64. The van der Waals surface area contributed by atoms with Gasteiger partial charge in [-0.2, -0.15) is 11.8 Å². The molecule has 0 aliphatic rings.